The summed E-state index contributed by atoms with van der Waals surface area (Å²) in [6.07, 6.45) is -0.510. The Hall–Kier alpha value is -1.88. The first kappa shape index (κ1) is 17.0. The summed E-state index contributed by atoms with van der Waals surface area (Å²) in [7, 11) is 0. The second kappa shape index (κ2) is 6.20. The van der Waals surface area contributed by atoms with E-state index in [1.807, 2.05) is 45.9 Å². The van der Waals surface area contributed by atoms with Gasteiger partial charge in [0, 0.05) is 31.6 Å². The first-order valence-corrected chi connectivity index (χ1v) is 8.58. The Kier molecular flexibility index (Phi) is 4.38. The third-order valence-corrected chi connectivity index (χ3v) is 4.86. The molecule has 0 spiro atoms. The maximum Gasteiger partial charge on any atom is 0.417 e. The molecule has 2 saturated heterocycles. The molecule has 5 nitrogen and oxygen atoms in total. The van der Waals surface area contributed by atoms with E-state index < -0.39 is 11.7 Å². The molecule has 24 heavy (non-hydrogen) atoms. The van der Waals surface area contributed by atoms with Crippen LogP contribution in [0.4, 0.5) is 4.79 Å². The van der Waals surface area contributed by atoms with E-state index in [0.29, 0.717) is 6.54 Å². The van der Waals surface area contributed by atoms with E-state index in [4.69, 9.17) is 4.74 Å². The van der Waals surface area contributed by atoms with Crippen molar-refractivity contribution in [1.82, 2.24) is 9.80 Å². The first-order chi connectivity index (χ1) is 11.3. The van der Waals surface area contributed by atoms with Crippen LogP contribution >= 0.6 is 0 Å². The van der Waals surface area contributed by atoms with Crippen molar-refractivity contribution in [1.29, 1.82) is 0 Å². The van der Waals surface area contributed by atoms with Gasteiger partial charge in [0.05, 0.1) is 5.92 Å². The minimum atomic E-state index is -0.589. The van der Waals surface area contributed by atoms with Gasteiger partial charge in [-0.15, -0.1) is 0 Å². The molecule has 0 aliphatic carbocycles. The maximum atomic E-state index is 12.7. The zero-order valence-electron chi connectivity index (χ0n) is 14.9. The minimum Gasteiger partial charge on any atom is -0.443 e. The topological polar surface area (TPSA) is 49.9 Å². The van der Waals surface area contributed by atoms with E-state index in [0.717, 1.165) is 13.1 Å². The number of hydrogen-bond acceptors (Lipinski definition) is 4. The van der Waals surface area contributed by atoms with E-state index in [-0.39, 0.29) is 23.8 Å². The summed E-state index contributed by atoms with van der Waals surface area (Å²) >= 11 is 0. The molecule has 0 unspecified atom stereocenters. The predicted octanol–water partition coefficient (Wildman–Crippen LogP) is 2.90. The van der Waals surface area contributed by atoms with Gasteiger partial charge in [-0.05, 0) is 33.3 Å². The van der Waals surface area contributed by atoms with Crippen molar-refractivity contribution >= 4 is 12.0 Å². The Bertz CT molecular complexity index is 623. The number of benzene rings is 1. The Morgan fingerprint density at radius 2 is 1.88 bits per heavy atom. The molecule has 1 aromatic rings. The average molecular weight is 330 g/mol. The third-order valence-electron chi connectivity index (χ3n) is 4.86. The third kappa shape index (κ3) is 3.31. The van der Waals surface area contributed by atoms with Crippen molar-refractivity contribution in [3.05, 3.63) is 35.9 Å². The number of fused-ring (bicyclic) bond motifs is 1. The fourth-order valence-corrected chi connectivity index (χ4v) is 3.77. The fraction of sp³-hybridized carbons (Fsp3) is 0.579. The van der Waals surface area contributed by atoms with Gasteiger partial charge in [0.2, 0.25) is 5.91 Å². The number of likely N-dealkylation sites (tertiary alicyclic amines) is 2. The van der Waals surface area contributed by atoms with Crippen LogP contribution in [0.15, 0.2) is 30.3 Å². The summed E-state index contributed by atoms with van der Waals surface area (Å²) in [4.78, 5) is 28.7. The van der Waals surface area contributed by atoms with Crippen LogP contribution in [0.25, 0.3) is 0 Å². The summed E-state index contributed by atoms with van der Waals surface area (Å²) in [5.41, 5.74) is 0.662. The van der Waals surface area contributed by atoms with Crippen molar-refractivity contribution < 1.29 is 14.3 Å². The SMILES string of the molecule is C[C@@H]1[C@H]2CN(Cc3ccccc3)C[C@H]2C(=O)N1C(=O)OC(C)(C)C. The molecular formula is C19H26N2O3. The van der Waals surface area contributed by atoms with E-state index in [2.05, 4.69) is 17.0 Å². The number of amides is 2. The molecule has 0 radical (unpaired) electrons. The van der Waals surface area contributed by atoms with Crippen molar-refractivity contribution in [2.24, 2.45) is 11.8 Å². The number of rotatable bonds is 2. The van der Waals surface area contributed by atoms with Gasteiger partial charge in [-0.25, -0.2) is 9.69 Å². The van der Waals surface area contributed by atoms with Gasteiger partial charge >= 0.3 is 6.09 Å². The van der Waals surface area contributed by atoms with Crippen molar-refractivity contribution in [3.63, 3.8) is 0 Å². The lowest BCUT2D eigenvalue weighted by atomic mass is 9.95. The highest BCUT2D eigenvalue weighted by Crippen LogP contribution is 2.38. The van der Waals surface area contributed by atoms with Gasteiger partial charge < -0.3 is 4.74 Å². The Morgan fingerprint density at radius 3 is 2.46 bits per heavy atom. The lowest BCUT2D eigenvalue weighted by molar-refractivity contribution is -0.131. The lowest BCUT2D eigenvalue weighted by Crippen LogP contribution is -2.44. The van der Waals surface area contributed by atoms with Crippen LogP contribution < -0.4 is 0 Å². The zero-order chi connectivity index (χ0) is 17.5. The standard InChI is InChI=1S/C19H26N2O3/c1-13-15-11-20(10-14-8-6-5-7-9-14)12-16(15)17(22)21(13)18(23)24-19(2,3)4/h5-9,13,15-16H,10-12H2,1-4H3/t13-,15-,16-/m1/s1. The van der Waals surface area contributed by atoms with Crippen LogP contribution in [0.3, 0.4) is 0 Å². The van der Waals surface area contributed by atoms with Crippen molar-refractivity contribution in [2.45, 2.75) is 45.9 Å². The number of carbonyl (C=O) groups excluding carboxylic acids is 2. The second-order valence-electron chi connectivity index (χ2n) is 7.88. The molecule has 0 N–H and O–H groups in total. The van der Waals surface area contributed by atoms with Gasteiger partial charge in [-0.3, -0.25) is 9.69 Å². The molecule has 130 valence electrons. The Balaban J connectivity index is 1.66. The molecule has 3 rings (SSSR count). The molecular weight excluding hydrogens is 304 g/mol. The number of hydrogen-bond donors (Lipinski definition) is 0. The van der Waals surface area contributed by atoms with E-state index in [1.165, 1.54) is 10.5 Å². The number of carbonyl (C=O) groups is 2. The molecule has 0 bridgehead atoms. The number of imide groups is 1. The summed E-state index contributed by atoms with van der Waals surface area (Å²) < 4.78 is 5.40. The second-order valence-corrected chi connectivity index (χ2v) is 7.88. The molecule has 2 amide bonds. The highest BCUT2D eigenvalue weighted by Gasteiger charge is 2.53. The molecule has 0 saturated carbocycles. The fourth-order valence-electron chi connectivity index (χ4n) is 3.77. The molecule has 3 atom stereocenters. The van der Waals surface area contributed by atoms with Gasteiger partial charge in [-0.2, -0.15) is 0 Å². The van der Waals surface area contributed by atoms with Crippen LogP contribution in [0.5, 0.6) is 0 Å². The molecule has 2 aliphatic rings. The number of ether oxygens (including phenoxy) is 1. The molecule has 0 aromatic heterocycles. The predicted molar refractivity (Wildman–Crippen MR) is 91.2 cm³/mol. The summed E-state index contributed by atoms with van der Waals surface area (Å²) in [5, 5.41) is 0. The van der Waals surface area contributed by atoms with E-state index in [9.17, 15) is 9.59 Å². The van der Waals surface area contributed by atoms with Gasteiger partial charge in [0.25, 0.3) is 0 Å². The summed E-state index contributed by atoms with van der Waals surface area (Å²) in [6, 6.07) is 10.2. The smallest absolute Gasteiger partial charge is 0.417 e. The monoisotopic (exact) mass is 330 g/mol. The van der Waals surface area contributed by atoms with Crippen LogP contribution in [0.2, 0.25) is 0 Å². The Morgan fingerprint density at radius 1 is 1.21 bits per heavy atom. The van der Waals surface area contributed by atoms with Gasteiger partial charge in [0.15, 0.2) is 0 Å². The van der Waals surface area contributed by atoms with Gasteiger partial charge in [0.1, 0.15) is 5.60 Å². The number of nitrogens with zero attached hydrogens (tertiary/aromatic N) is 2. The quantitative estimate of drug-likeness (QED) is 0.837. The maximum absolute atomic E-state index is 12.7. The first-order valence-electron chi connectivity index (χ1n) is 8.58. The van der Waals surface area contributed by atoms with E-state index in [1.54, 1.807) is 0 Å². The van der Waals surface area contributed by atoms with Crippen LogP contribution in [-0.2, 0) is 16.1 Å². The highest BCUT2D eigenvalue weighted by atomic mass is 16.6. The zero-order valence-corrected chi connectivity index (χ0v) is 14.9. The molecule has 2 aliphatic heterocycles. The van der Waals surface area contributed by atoms with Gasteiger partial charge in [-0.1, -0.05) is 30.3 Å². The minimum absolute atomic E-state index is 0.0858. The van der Waals surface area contributed by atoms with Crippen LogP contribution in [0.1, 0.15) is 33.3 Å². The van der Waals surface area contributed by atoms with Crippen molar-refractivity contribution in [3.8, 4) is 0 Å². The molecule has 2 heterocycles. The van der Waals surface area contributed by atoms with Crippen LogP contribution in [-0.4, -0.2) is 46.5 Å². The summed E-state index contributed by atoms with van der Waals surface area (Å²) in [5.74, 6) is 0.00210. The van der Waals surface area contributed by atoms with Crippen molar-refractivity contribution in [2.75, 3.05) is 13.1 Å². The largest absolute Gasteiger partial charge is 0.443 e. The molecule has 2 fully saturated rings. The lowest BCUT2D eigenvalue weighted by Gasteiger charge is -2.28. The van der Waals surface area contributed by atoms with Crippen LogP contribution in [0, 0.1) is 11.8 Å². The average Bonchev–Trinajstić information content (AvgIpc) is 2.98. The molecule has 1 aromatic carbocycles. The normalized spacial score (nSPS) is 27.4. The summed E-state index contributed by atoms with van der Waals surface area (Å²) in [6.45, 7) is 9.81. The Labute approximate surface area is 143 Å². The highest BCUT2D eigenvalue weighted by molar-refractivity contribution is 5.96. The van der Waals surface area contributed by atoms with E-state index >= 15 is 0 Å². The molecule has 5 heteroatoms.